The Morgan fingerprint density at radius 2 is 1.71 bits per heavy atom. The summed E-state index contributed by atoms with van der Waals surface area (Å²) in [6.07, 6.45) is 1.17. The zero-order valence-electron chi connectivity index (χ0n) is 13.4. The fraction of sp³-hybridized carbons (Fsp3) is 0.263. The van der Waals surface area contributed by atoms with Gasteiger partial charge in [-0.1, -0.05) is 36.4 Å². The molecular weight excluding hydrogens is 368 g/mol. The smallest absolute Gasteiger partial charge is 0.240 e. The van der Waals surface area contributed by atoms with Gasteiger partial charge in [-0.3, -0.25) is 9.59 Å². The minimum Gasteiger partial charge on any atom is -0.351 e. The van der Waals surface area contributed by atoms with Gasteiger partial charge in [-0.2, -0.15) is 0 Å². The summed E-state index contributed by atoms with van der Waals surface area (Å²) in [6.45, 7) is 2.45. The molecule has 0 heterocycles. The van der Waals surface area contributed by atoms with Gasteiger partial charge >= 0.3 is 0 Å². The number of nitrogens with one attached hydrogen (secondary N) is 2. The molecule has 1 aliphatic rings. The lowest BCUT2D eigenvalue weighted by Crippen LogP contribution is -2.39. The maximum absolute atomic E-state index is 12.6. The molecule has 0 spiro atoms. The van der Waals surface area contributed by atoms with Crippen LogP contribution in [0.3, 0.4) is 0 Å². The molecule has 0 radical (unpaired) electrons. The average molecular weight is 387 g/mol. The third kappa shape index (κ3) is 3.36. The van der Waals surface area contributed by atoms with E-state index >= 15 is 0 Å². The molecule has 5 heteroatoms. The fourth-order valence-electron chi connectivity index (χ4n) is 2.64. The minimum absolute atomic E-state index is 0.199. The van der Waals surface area contributed by atoms with E-state index in [4.69, 9.17) is 0 Å². The number of rotatable bonds is 5. The van der Waals surface area contributed by atoms with Gasteiger partial charge < -0.3 is 10.6 Å². The predicted molar refractivity (Wildman–Crippen MR) is 97.5 cm³/mol. The summed E-state index contributed by atoms with van der Waals surface area (Å²) < 4.78 is 0.800. The molecule has 3 rings (SSSR count). The molecule has 124 valence electrons. The second-order valence-corrected chi connectivity index (χ2v) is 6.98. The van der Waals surface area contributed by atoms with Gasteiger partial charge in [-0.25, -0.2) is 0 Å². The SMILES string of the molecule is Cc1ccccc1CNC(=O)C1(C(=O)Nc2ccccc2Br)CC1. The van der Waals surface area contributed by atoms with E-state index in [1.165, 1.54) is 0 Å². The van der Waals surface area contributed by atoms with Crippen LogP contribution in [0, 0.1) is 12.3 Å². The van der Waals surface area contributed by atoms with Crippen molar-refractivity contribution in [2.45, 2.75) is 26.3 Å². The Morgan fingerprint density at radius 1 is 1.04 bits per heavy atom. The van der Waals surface area contributed by atoms with Crippen molar-refractivity contribution in [3.8, 4) is 0 Å². The van der Waals surface area contributed by atoms with Crippen molar-refractivity contribution in [3.63, 3.8) is 0 Å². The molecule has 0 aromatic heterocycles. The van der Waals surface area contributed by atoms with Gasteiger partial charge in [0.1, 0.15) is 5.41 Å². The Labute approximate surface area is 149 Å². The molecule has 2 aromatic rings. The van der Waals surface area contributed by atoms with E-state index in [1.54, 1.807) is 0 Å². The topological polar surface area (TPSA) is 58.2 Å². The molecular formula is C19H19BrN2O2. The summed E-state index contributed by atoms with van der Waals surface area (Å²) in [5.41, 5.74) is 1.94. The van der Waals surface area contributed by atoms with Crippen LogP contribution in [0.1, 0.15) is 24.0 Å². The van der Waals surface area contributed by atoms with Crippen LogP contribution in [0.25, 0.3) is 0 Å². The maximum atomic E-state index is 12.6. The number of aryl methyl sites for hydroxylation is 1. The lowest BCUT2D eigenvalue weighted by Gasteiger charge is -2.16. The van der Waals surface area contributed by atoms with Crippen molar-refractivity contribution >= 4 is 33.4 Å². The van der Waals surface area contributed by atoms with Crippen molar-refractivity contribution < 1.29 is 9.59 Å². The third-order valence-corrected chi connectivity index (χ3v) is 5.13. The van der Waals surface area contributed by atoms with Gasteiger partial charge in [0.15, 0.2) is 0 Å². The highest BCUT2D eigenvalue weighted by Crippen LogP contribution is 2.47. The van der Waals surface area contributed by atoms with Crippen molar-refractivity contribution in [1.82, 2.24) is 5.32 Å². The van der Waals surface area contributed by atoms with E-state index in [9.17, 15) is 9.59 Å². The summed E-state index contributed by atoms with van der Waals surface area (Å²) in [5, 5.41) is 5.77. The lowest BCUT2D eigenvalue weighted by atomic mass is 10.0. The number of amides is 2. The number of carbonyl (C=O) groups excluding carboxylic acids is 2. The number of benzene rings is 2. The standard InChI is InChI=1S/C19H19BrN2O2/c1-13-6-2-3-7-14(13)12-21-17(23)19(10-11-19)18(24)22-16-9-5-4-8-15(16)20/h2-9H,10-12H2,1H3,(H,21,23)(H,22,24). The first-order valence-corrected chi connectivity index (χ1v) is 8.71. The molecule has 2 aromatic carbocycles. The molecule has 1 aliphatic carbocycles. The van der Waals surface area contributed by atoms with Crippen molar-refractivity contribution in [2.24, 2.45) is 5.41 Å². The monoisotopic (exact) mass is 386 g/mol. The van der Waals surface area contributed by atoms with E-state index < -0.39 is 5.41 Å². The van der Waals surface area contributed by atoms with Crippen LogP contribution in [0.15, 0.2) is 53.0 Å². The van der Waals surface area contributed by atoms with Gasteiger partial charge in [-0.15, -0.1) is 0 Å². The molecule has 1 saturated carbocycles. The highest BCUT2D eigenvalue weighted by molar-refractivity contribution is 9.10. The highest BCUT2D eigenvalue weighted by Gasteiger charge is 2.56. The van der Waals surface area contributed by atoms with E-state index in [0.29, 0.717) is 25.1 Å². The second-order valence-electron chi connectivity index (χ2n) is 6.13. The molecule has 0 bridgehead atoms. The summed E-state index contributed by atoms with van der Waals surface area (Å²) >= 11 is 3.40. The van der Waals surface area contributed by atoms with E-state index in [2.05, 4.69) is 26.6 Å². The third-order valence-electron chi connectivity index (χ3n) is 4.44. The van der Waals surface area contributed by atoms with Crippen LogP contribution in [-0.2, 0) is 16.1 Å². The summed E-state index contributed by atoms with van der Waals surface area (Å²) in [5.74, 6) is -0.438. The Morgan fingerprint density at radius 3 is 2.38 bits per heavy atom. The largest absolute Gasteiger partial charge is 0.351 e. The molecule has 24 heavy (non-hydrogen) atoms. The number of hydrogen-bond acceptors (Lipinski definition) is 2. The van der Waals surface area contributed by atoms with E-state index in [1.807, 2.05) is 55.5 Å². The molecule has 2 amide bonds. The van der Waals surface area contributed by atoms with E-state index in [-0.39, 0.29) is 11.8 Å². The molecule has 4 nitrogen and oxygen atoms in total. The number of hydrogen-bond donors (Lipinski definition) is 2. The van der Waals surface area contributed by atoms with Crippen LogP contribution in [-0.4, -0.2) is 11.8 Å². The predicted octanol–water partition coefficient (Wildman–Crippen LogP) is 3.79. The summed E-state index contributed by atoms with van der Waals surface area (Å²) in [4.78, 5) is 25.1. The van der Waals surface area contributed by atoms with Gasteiger partial charge in [0, 0.05) is 11.0 Å². The number of carbonyl (C=O) groups is 2. The average Bonchev–Trinajstić information content (AvgIpc) is 3.38. The van der Waals surface area contributed by atoms with E-state index in [0.717, 1.165) is 15.6 Å². The summed E-state index contributed by atoms with van der Waals surface area (Å²) in [6, 6.07) is 15.3. The number of anilines is 1. The molecule has 2 N–H and O–H groups in total. The first kappa shape index (κ1) is 16.7. The lowest BCUT2D eigenvalue weighted by molar-refractivity contribution is -0.134. The minimum atomic E-state index is -0.933. The Hall–Kier alpha value is -2.14. The van der Waals surface area contributed by atoms with Crippen LogP contribution >= 0.6 is 15.9 Å². The first-order valence-electron chi connectivity index (χ1n) is 7.92. The second kappa shape index (κ2) is 6.77. The summed E-state index contributed by atoms with van der Waals surface area (Å²) in [7, 11) is 0. The zero-order valence-corrected chi connectivity index (χ0v) is 15.0. The van der Waals surface area contributed by atoms with Crippen LogP contribution < -0.4 is 10.6 Å². The van der Waals surface area contributed by atoms with Gasteiger partial charge in [0.25, 0.3) is 0 Å². The number of para-hydroxylation sites is 1. The van der Waals surface area contributed by atoms with Crippen LogP contribution in [0.5, 0.6) is 0 Å². The molecule has 1 fully saturated rings. The quantitative estimate of drug-likeness (QED) is 0.767. The molecule has 0 aliphatic heterocycles. The molecule has 0 saturated heterocycles. The Bertz CT molecular complexity index is 784. The zero-order chi connectivity index (χ0) is 17.2. The molecule has 0 unspecified atom stereocenters. The maximum Gasteiger partial charge on any atom is 0.240 e. The normalized spacial score (nSPS) is 14.8. The first-order chi connectivity index (χ1) is 11.5. The highest BCUT2D eigenvalue weighted by atomic mass is 79.9. The van der Waals surface area contributed by atoms with Gasteiger partial charge in [0.2, 0.25) is 11.8 Å². The van der Waals surface area contributed by atoms with Crippen LogP contribution in [0.4, 0.5) is 5.69 Å². The molecule has 0 atom stereocenters. The van der Waals surface area contributed by atoms with Crippen molar-refractivity contribution in [2.75, 3.05) is 5.32 Å². The van der Waals surface area contributed by atoms with Gasteiger partial charge in [0.05, 0.1) is 5.69 Å². The number of halogens is 1. The van der Waals surface area contributed by atoms with Crippen LogP contribution in [0.2, 0.25) is 0 Å². The van der Waals surface area contributed by atoms with Crippen molar-refractivity contribution in [3.05, 3.63) is 64.1 Å². The Kier molecular flexibility index (Phi) is 4.71. The Balaban J connectivity index is 1.65. The van der Waals surface area contributed by atoms with Crippen molar-refractivity contribution in [1.29, 1.82) is 0 Å². The fourth-order valence-corrected chi connectivity index (χ4v) is 3.02. The van der Waals surface area contributed by atoms with Gasteiger partial charge in [-0.05, 0) is 59.0 Å².